The predicted octanol–water partition coefficient (Wildman–Crippen LogP) is 0.753. The fraction of sp³-hybridized carbons (Fsp3) is 0.500. The number of carbonyl (C=O) groups is 1. The first-order valence-corrected chi connectivity index (χ1v) is 9.55. The van der Waals surface area contributed by atoms with Gasteiger partial charge in [-0.15, -0.1) is 0 Å². The van der Waals surface area contributed by atoms with Crippen LogP contribution in [-0.2, 0) is 19.6 Å². The summed E-state index contributed by atoms with van der Waals surface area (Å²) in [5, 5.41) is 0. The Morgan fingerprint density at radius 1 is 1.42 bits per heavy atom. The number of amidine groups is 1. The maximum Gasteiger partial charge on any atom is 0.263 e. The molecular weight excluding hydrogens is 330 g/mol. The summed E-state index contributed by atoms with van der Waals surface area (Å²) in [5.74, 6) is 0.335. The maximum atomic E-state index is 12.3. The highest BCUT2D eigenvalue weighted by Crippen LogP contribution is 2.22. The van der Waals surface area contributed by atoms with Crippen molar-refractivity contribution in [3.63, 3.8) is 0 Å². The van der Waals surface area contributed by atoms with Gasteiger partial charge >= 0.3 is 0 Å². The Hall–Kier alpha value is -1.93. The van der Waals surface area contributed by atoms with Gasteiger partial charge in [0.15, 0.2) is 0 Å². The number of aliphatic imine (C=N–C) groups is 1. The van der Waals surface area contributed by atoms with Crippen LogP contribution in [0.2, 0.25) is 0 Å². The number of hydrogen-bond acceptors (Lipinski definition) is 5. The molecule has 1 fully saturated rings. The number of morpholine rings is 1. The van der Waals surface area contributed by atoms with E-state index in [1.54, 1.807) is 29.2 Å². The third-order valence-corrected chi connectivity index (χ3v) is 5.60. The number of carbonyl (C=O) groups excluding carboxylic acids is 1. The number of hydrogen-bond donors (Lipinski definition) is 1. The van der Waals surface area contributed by atoms with E-state index in [4.69, 9.17) is 4.74 Å². The SMILES string of the molecule is CC[C@H]1CN(C(=O)CCN=C2NS(=O)(=O)c3ccccc32)CCO1. The van der Waals surface area contributed by atoms with Gasteiger partial charge in [0, 0.05) is 25.1 Å². The van der Waals surface area contributed by atoms with Gasteiger partial charge in [-0.1, -0.05) is 19.1 Å². The monoisotopic (exact) mass is 351 g/mol. The van der Waals surface area contributed by atoms with Gasteiger partial charge in [0.25, 0.3) is 10.0 Å². The first-order valence-electron chi connectivity index (χ1n) is 8.07. The fourth-order valence-corrected chi connectivity index (χ4v) is 4.12. The Morgan fingerprint density at radius 3 is 3.00 bits per heavy atom. The topological polar surface area (TPSA) is 88.1 Å². The molecule has 1 amide bonds. The van der Waals surface area contributed by atoms with E-state index in [1.165, 1.54) is 0 Å². The van der Waals surface area contributed by atoms with Gasteiger partial charge in [-0.3, -0.25) is 14.5 Å². The van der Waals surface area contributed by atoms with Crippen LogP contribution in [0.25, 0.3) is 0 Å². The minimum Gasteiger partial charge on any atom is -0.375 e. The number of nitrogens with zero attached hydrogens (tertiary/aromatic N) is 2. The van der Waals surface area contributed by atoms with E-state index >= 15 is 0 Å². The van der Waals surface area contributed by atoms with Crippen LogP contribution in [0.5, 0.6) is 0 Å². The quantitative estimate of drug-likeness (QED) is 0.867. The van der Waals surface area contributed by atoms with E-state index in [0.717, 1.165) is 6.42 Å². The second-order valence-corrected chi connectivity index (χ2v) is 7.47. The van der Waals surface area contributed by atoms with Crippen molar-refractivity contribution in [3.8, 4) is 0 Å². The summed E-state index contributed by atoms with van der Waals surface area (Å²) in [6.07, 6.45) is 1.23. The zero-order chi connectivity index (χ0) is 17.2. The molecule has 0 radical (unpaired) electrons. The Labute approximate surface area is 141 Å². The van der Waals surface area contributed by atoms with Crippen molar-refractivity contribution in [1.82, 2.24) is 9.62 Å². The number of nitrogens with one attached hydrogen (secondary N) is 1. The lowest BCUT2D eigenvalue weighted by Crippen LogP contribution is -2.45. The van der Waals surface area contributed by atoms with Crippen LogP contribution in [0.4, 0.5) is 0 Å². The molecular formula is C16H21N3O4S. The Kier molecular flexibility index (Phi) is 4.86. The molecule has 1 aromatic rings. The lowest BCUT2D eigenvalue weighted by atomic mass is 10.2. The van der Waals surface area contributed by atoms with Crippen LogP contribution in [0.15, 0.2) is 34.2 Å². The molecule has 1 N–H and O–H groups in total. The number of fused-ring (bicyclic) bond motifs is 1. The number of benzene rings is 1. The molecule has 2 aliphatic heterocycles. The van der Waals surface area contributed by atoms with E-state index < -0.39 is 10.0 Å². The molecule has 1 aromatic carbocycles. The number of amides is 1. The van der Waals surface area contributed by atoms with Crippen molar-refractivity contribution < 1.29 is 17.9 Å². The average Bonchev–Trinajstić information content (AvgIpc) is 2.86. The maximum absolute atomic E-state index is 12.3. The minimum atomic E-state index is -3.53. The average molecular weight is 351 g/mol. The lowest BCUT2D eigenvalue weighted by Gasteiger charge is -2.32. The molecule has 1 atom stereocenters. The summed E-state index contributed by atoms with van der Waals surface area (Å²) < 4.78 is 32.0. The third kappa shape index (κ3) is 3.44. The molecule has 0 spiro atoms. The van der Waals surface area contributed by atoms with Crippen molar-refractivity contribution in [1.29, 1.82) is 0 Å². The van der Waals surface area contributed by atoms with Crippen LogP contribution in [0.3, 0.4) is 0 Å². The van der Waals surface area contributed by atoms with Gasteiger partial charge in [-0.05, 0) is 18.6 Å². The zero-order valence-corrected chi connectivity index (χ0v) is 14.4. The van der Waals surface area contributed by atoms with Gasteiger partial charge in [0.1, 0.15) is 5.84 Å². The van der Waals surface area contributed by atoms with E-state index in [9.17, 15) is 13.2 Å². The van der Waals surface area contributed by atoms with Crippen LogP contribution < -0.4 is 4.72 Å². The summed E-state index contributed by atoms with van der Waals surface area (Å²) in [7, 11) is -3.53. The Morgan fingerprint density at radius 2 is 2.21 bits per heavy atom. The highest BCUT2D eigenvalue weighted by atomic mass is 32.2. The molecule has 2 aliphatic rings. The third-order valence-electron chi connectivity index (χ3n) is 4.21. The lowest BCUT2D eigenvalue weighted by molar-refractivity contribution is -0.138. The van der Waals surface area contributed by atoms with Crippen molar-refractivity contribution >= 4 is 21.8 Å². The molecule has 2 heterocycles. The van der Waals surface area contributed by atoms with Gasteiger partial charge in [-0.25, -0.2) is 8.42 Å². The largest absolute Gasteiger partial charge is 0.375 e. The van der Waals surface area contributed by atoms with Crippen LogP contribution in [0, 0.1) is 0 Å². The van der Waals surface area contributed by atoms with Gasteiger partial charge in [0.2, 0.25) is 5.91 Å². The van der Waals surface area contributed by atoms with E-state index in [1.807, 2.05) is 6.92 Å². The summed E-state index contributed by atoms with van der Waals surface area (Å²) >= 11 is 0. The molecule has 7 nitrogen and oxygen atoms in total. The molecule has 1 saturated heterocycles. The zero-order valence-electron chi connectivity index (χ0n) is 13.6. The van der Waals surface area contributed by atoms with Gasteiger partial charge < -0.3 is 9.64 Å². The molecule has 0 aromatic heterocycles. The summed E-state index contributed by atoms with van der Waals surface area (Å²) in [6.45, 7) is 4.06. The normalized spacial score (nSPS) is 23.8. The molecule has 0 aliphatic carbocycles. The summed E-state index contributed by atoms with van der Waals surface area (Å²) in [6, 6.07) is 6.69. The van der Waals surface area contributed by atoms with Crippen molar-refractivity contribution in [2.45, 2.75) is 30.8 Å². The van der Waals surface area contributed by atoms with Crippen LogP contribution >= 0.6 is 0 Å². The second kappa shape index (κ2) is 6.90. The van der Waals surface area contributed by atoms with Gasteiger partial charge in [0.05, 0.1) is 24.2 Å². The van der Waals surface area contributed by atoms with E-state index in [-0.39, 0.29) is 29.9 Å². The summed E-state index contributed by atoms with van der Waals surface area (Å²) in [4.78, 5) is 18.6. The smallest absolute Gasteiger partial charge is 0.263 e. The standard InChI is InChI=1S/C16H21N3O4S/c1-2-12-11-19(9-10-23-12)15(20)7-8-17-16-13-5-3-4-6-14(13)24(21,22)18-16/h3-6,12H,2,7-11H2,1H3,(H,17,18)/t12-/m0/s1. The Balaban J connectivity index is 1.62. The van der Waals surface area contributed by atoms with Crippen molar-refractivity contribution in [2.75, 3.05) is 26.2 Å². The second-order valence-electron chi connectivity index (χ2n) is 5.82. The Bertz CT molecular complexity index is 760. The molecule has 0 bridgehead atoms. The molecule has 0 saturated carbocycles. The number of ether oxygens (including phenoxy) is 1. The number of rotatable bonds is 4. The minimum absolute atomic E-state index is 0.0234. The first-order chi connectivity index (χ1) is 11.5. The molecule has 3 rings (SSSR count). The molecule has 0 unspecified atom stereocenters. The molecule has 24 heavy (non-hydrogen) atoms. The van der Waals surface area contributed by atoms with Crippen LogP contribution in [-0.4, -0.2) is 57.4 Å². The highest BCUT2D eigenvalue weighted by Gasteiger charge is 2.30. The molecule has 130 valence electrons. The fourth-order valence-electron chi connectivity index (χ4n) is 2.87. The first kappa shape index (κ1) is 16.9. The van der Waals surface area contributed by atoms with E-state index in [0.29, 0.717) is 31.1 Å². The van der Waals surface area contributed by atoms with Crippen molar-refractivity contribution in [2.24, 2.45) is 4.99 Å². The van der Waals surface area contributed by atoms with Crippen LogP contribution in [0.1, 0.15) is 25.3 Å². The van der Waals surface area contributed by atoms with Gasteiger partial charge in [-0.2, -0.15) is 0 Å². The van der Waals surface area contributed by atoms with E-state index in [2.05, 4.69) is 9.71 Å². The highest BCUT2D eigenvalue weighted by molar-refractivity contribution is 7.90. The molecule has 8 heteroatoms. The number of sulfonamides is 1. The predicted molar refractivity (Wildman–Crippen MR) is 89.4 cm³/mol. The summed E-state index contributed by atoms with van der Waals surface area (Å²) in [5.41, 5.74) is 0.558. The van der Waals surface area contributed by atoms with Crippen molar-refractivity contribution in [3.05, 3.63) is 29.8 Å².